The van der Waals surface area contributed by atoms with Crippen LogP contribution in [0.2, 0.25) is 0 Å². The molecular weight excluding hydrogens is 338 g/mol. The van der Waals surface area contributed by atoms with Gasteiger partial charge in [-0.05, 0) is 31.7 Å². The zero-order valence-electron chi connectivity index (χ0n) is 15.9. The predicted molar refractivity (Wildman–Crippen MR) is 105 cm³/mol. The van der Waals surface area contributed by atoms with Crippen LogP contribution in [0, 0.1) is 12.8 Å². The van der Waals surface area contributed by atoms with Crippen LogP contribution in [-0.2, 0) is 24.3 Å². The molecule has 142 valence electrons. The number of nitrogens with two attached hydrogens (primary N) is 1. The third kappa shape index (κ3) is 3.95. The molecule has 1 saturated heterocycles. The van der Waals surface area contributed by atoms with E-state index in [1.54, 1.807) is 0 Å². The summed E-state index contributed by atoms with van der Waals surface area (Å²) < 4.78 is 0. The smallest absolute Gasteiger partial charge is 0.222 e. The van der Waals surface area contributed by atoms with Gasteiger partial charge < -0.3 is 10.6 Å². The molecule has 0 bridgehead atoms. The second-order valence-electron chi connectivity index (χ2n) is 7.65. The van der Waals surface area contributed by atoms with Crippen molar-refractivity contribution in [2.24, 2.45) is 11.7 Å². The number of aryl methyl sites for hydroxylation is 1. The predicted octanol–water partition coefficient (Wildman–Crippen LogP) is 2.05. The van der Waals surface area contributed by atoms with Crippen LogP contribution in [0.15, 0.2) is 30.3 Å². The van der Waals surface area contributed by atoms with Gasteiger partial charge in [0.1, 0.15) is 11.6 Å². The number of amides is 1. The monoisotopic (exact) mass is 365 g/mol. The first-order chi connectivity index (χ1) is 13.1. The largest absolute Gasteiger partial charge is 0.369 e. The maximum Gasteiger partial charge on any atom is 0.222 e. The number of piperidine rings is 1. The fourth-order valence-electron chi connectivity index (χ4n) is 4.23. The van der Waals surface area contributed by atoms with E-state index in [4.69, 9.17) is 15.7 Å². The number of aromatic nitrogens is 2. The second kappa shape index (κ2) is 7.64. The number of primary amides is 1. The van der Waals surface area contributed by atoms with Gasteiger partial charge in [0.05, 0.1) is 11.6 Å². The average molecular weight is 365 g/mol. The van der Waals surface area contributed by atoms with Crippen molar-refractivity contribution >= 4 is 11.7 Å². The summed E-state index contributed by atoms with van der Waals surface area (Å²) >= 11 is 0. The molecule has 3 heterocycles. The Morgan fingerprint density at radius 3 is 2.81 bits per heavy atom. The summed E-state index contributed by atoms with van der Waals surface area (Å²) in [7, 11) is 0. The zero-order valence-corrected chi connectivity index (χ0v) is 15.9. The lowest BCUT2D eigenvalue weighted by Crippen LogP contribution is -2.43. The lowest BCUT2D eigenvalue weighted by molar-refractivity contribution is -0.122. The van der Waals surface area contributed by atoms with Crippen LogP contribution in [0.1, 0.15) is 35.5 Å². The molecule has 1 aromatic heterocycles. The summed E-state index contributed by atoms with van der Waals surface area (Å²) in [6.07, 6.45) is 2.80. The lowest BCUT2D eigenvalue weighted by Gasteiger charge is -2.36. The summed E-state index contributed by atoms with van der Waals surface area (Å²) in [4.78, 5) is 25.9. The van der Waals surface area contributed by atoms with E-state index < -0.39 is 0 Å². The number of nitrogens with zero attached hydrogens (tertiary/aromatic N) is 4. The molecule has 0 spiro atoms. The molecule has 6 heteroatoms. The van der Waals surface area contributed by atoms with Crippen molar-refractivity contribution in [2.45, 2.75) is 39.3 Å². The van der Waals surface area contributed by atoms with Crippen molar-refractivity contribution < 1.29 is 4.79 Å². The minimum Gasteiger partial charge on any atom is -0.369 e. The molecule has 2 aromatic rings. The quantitative estimate of drug-likeness (QED) is 0.897. The maximum atomic E-state index is 11.7. The highest BCUT2D eigenvalue weighted by Crippen LogP contribution is 2.30. The highest BCUT2D eigenvalue weighted by molar-refractivity contribution is 5.77. The molecule has 2 aliphatic heterocycles. The van der Waals surface area contributed by atoms with Crippen LogP contribution >= 0.6 is 0 Å². The third-order valence-electron chi connectivity index (χ3n) is 5.61. The SMILES string of the molecule is Cc1nc2c(c(N3CCC[C@H](C(N)=O)C3)n1)CCN(Cc1ccccc1)C2. The maximum absolute atomic E-state index is 11.7. The number of carbonyl (C=O) groups is 1. The van der Waals surface area contributed by atoms with Crippen LogP contribution < -0.4 is 10.6 Å². The summed E-state index contributed by atoms with van der Waals surface area (Å²) in [5.74, 6) is 1.53. The fourth-order valence-corrected chi connectivity index (χ4v) is 4.23. The molecule has 27 heavy (non-hydrogen) atoms. The summed E-state index contributed by atoms with van der Waals surface area (Å²) in [6, 6.07) is 10.6. The molecule has 2 aliphatic rings. The molecule has 1 fully saturated rings. The van der Waals surface area contributed by atoms with E-state index in [0.29, 0.717) is 6.54 Å². The molecule has 1 atom stereocenters. The van der Waals surface area contributed by atoms with Crippen molar-refractivity contribution in [3.63, 3.8) is 0 Å². The molecule has 0 aliphatic carbocycles. The summed E-state index contributed by atoms with van der Waals surface area (Å²) in [6.45, 7) is 6.33. The lowest BCUT2D eigenvalue weighted by atomic mass is 9.96. The standard InChI is InChI=1S/C21H27N5O/c1-15-23-19-14-25(12-16-6-3-2-4-7-16)11-9-18(19)21(24-15)26-10-5-8-17(13-26)20(22)27/h2-4,6-7,17H,5,8-14H2,1H3,(H2,22,27)/t17-/m0/s1. The Kier molecular flexibility index (Phi) is 5.07. The molecule has 2 N–H and O–H groups in total. The molecule has 6 nitrogen and oxygen atoms in total. The van der Waals surface area contributed by atoms with Gasteiger partial charge in [0, 0.05) is 38.3 Å². The highest BCUT2D eigenvalue weighted by Gasteiger charge is 2.29. The Morgan fingerprint density at radius 1 is 1.22 bits per heavy atom. The number of anilines is 1. The summed E-state index contributed by atoms with van der Waals surface area (Å²) in [5.41, 5.74) is 9.26. The van der Waals surface area contributed by atoms with Gasteiger partial charge in [-0.3, -0.25) is 9.69 Å². The van der Waals surface area contributed by atoms with E-state index in [-0.39, 0.29) is 11.8 Å². The Bertz CT molecular complexity index is 823. The number of benzene rings is 1. The second-order valence-corrected chi connectivity index (χ2v) is 7.65. The van der Waals surface area contributed by atoms with Gasteiger partial charge in [-0.25, -0.2) is 9.97 Å². The molecule has 1 amide bonds. The van der Waals surface area contributed by atoms with Gasteiger partial charge >= 0.3 is 0 Å². The van der Waals surface area contributed by atoms with E-state index in [1.165, 1.54) is 11.1 Å². The number of hydrogen-bond acceptors (Lipinski definition) is 5. The fraction of sp³-hybridized carbons (Fsp3) is 0.476. The Balaban J connectivity index is 1.56. The van der Waals surface area contributed by atoms with Crippen LogP contribution in [0.3, 0.4) is 0 Å². The first-order valence-electron chi connectivity index (χ1n) is 9.77. The Hall–Kier alpha value is -2.47. The van der Waals surface area contributed by atoms with Gasteiger partial charge in [-0.15, -0.1) is 0 Å². The van der Waals surface area contributed by atoms with E-state index in [0.717, 1.165) is 62.8 Å². The Labute approximate surface area is 160 Å². The zero-order chi connectivity index (χ0) is 18.8. The van der Waals surface area contributed by atoms with Gasteiger partial charge in [0.2, 0.25) is 5.91 Å². The number of hydrogen-bond donors (Lipinski definition) is 1. The van der Waals surface area contributed by atoms with Crippen LogP contribution in [0.25, 0.3) is 0 Å². The Morgan fingerprint density at radius 2 is 2.04 bits per heavy atom. The van der Waals surface area contributed by atoms with Crippen molar-refractivity contribution in [1.29, 1.82) is 0 Å². The number of carbonyl (C=O) groups excluding carboxylic acids is 1. The third-order valence-corrected chi connectivity index (χ3v) is 5.61. The van der Waals surface area contributed by atoms with Crippen molar-refractivity contribution in [3.8, 4) is 0 Å². The number of rotatable bonds is 4. The molecular formula is C21H27N5O. The average Bonchev–Trinajstić information content (AvgIpc) is 2.68. The van der Waals surface area contributed by atoms with E-state index in [1.807, 2.05) is 6.92 Å². The van der Waals surface area contributed by atoms with Gasteiger partial charge in [-0.2, -0.15) is 0 Å². The molecule has 0 saturated carbocycles. The van der Waals surface area contributed by atoms with Crippen molar-refractivity contribution in [1.82, 2.24) is 14.9 Å². The molecule has 4 rings (SSSR count). The van der Waals surface area contributed by atoms with Crippen molar-refractivity contribution in [3.05, 3.63) is 53.0 Å². The van der Waals surface area contributed by atoms with Crippen LogP contribution in [0.5, 0.6) is 0 Å². The van der Waals surface area contributed by atoms with E-state index in [9.17, 15) is 4.79 Å². The first-order valence-corrected chi connectivity index (χ1v) is 9.77. The first kappa shape index (κ1) is 17.9. The minimum atomic E-state index is -0.201. The van der Waals surface area contributed by atoms with Gasteiger partial charge in [-0.1, -0.05) is 30.3 Å². The van der Waals surface area contributed by atoms with Crippen LogP contribution in [-0.4, -0.2) is 40.4 Å². The molecule has 0 unspecified atom stereocenters. The minimum absolute atomic E-state index is 0.0807. The topological polar surface area (TPSA) is 75.4 Å². The number of fused-ring (bicyclic) bond motifs is 1. The van der Waals surface area contributed by atoms with E-state index >= 15 is 0 Å². The molecule has 0 radical (unpaired) electrons. The van der Waals surface area contributed by atoms with Gasteiger partial charge in [0.15, 0.2) is 0 Å². The summed E-state index contributed by atoms with van der Waals surface area (Å²) in [5, 5.41) is 0. The normalized spacial score (nSPS) is 20.3. The molecule has 1 aromatic carbocycles. The van der Waals surface area contributed by atoms with Gasteiger partial charge in [0.25, 0.3) is 0 Å². The van der Waals surface area contributed by atoms with E-state index in [2.05, 4.69) is 40.1 Å². The van der Waals surface area contributed by atoms with Crippen molar-refractivity contribution in [2.75, 3.05) is 24.5 Å². The van der Waals surface area contributed by atoms with Crippen LogP contribution in [0.4, 0.5) is 5.82 Å². The highest BCUT2D eigenvalue weighted by atomic mass is 16.1.